The third-order valence-electron chi connectivity index (χ3n) is 7.43. The summed E-state index contributed by atoms with van der Waals surface area (Å²) in [6.07, 6.45) is 13.5. The van der Waals surface area contributed by atoms with E-state index < -0.39 is 0 Å². The van der Waals surface area contributed by atoms with Gasteiger partial charge in [-0.05, 0) is 66.6 Å². The quantitative estimate of drug-likeness (QED) is 0.700. The molecule has 3 rings (SSSR count). The molecule has 1 N–H and O–H groups in total. The normalized spacial score (nSPS) is 49.8. The van der Waals surface area contributed by atoms with Crippen molar-refractivity contribution in [1.29, 1.82) is 0 Å². The van der Waals surface area contributed by atoms with Crippen molar-refractivity contribution in [2.45, 2.75) is 65.7 Å². The maximum atomic E-state index is 9.99. The SMILES string of the molecule is C=C[C@@]1(C)CCC2C(=CC[C@H]3[C@](C)(CO)CCC[C@]23C)C1. The summed E-state index contributed by atoms with van der Waals surface area (Å²) in [4.78, 5) is 0. The first kappa shape index (κ1) is 15.3. The first-order valence-corrected chi connectivity index (χ1v) is 8.80. The fourth-order valence-electron chi connectivity index (χ4n) is 5.93. The van der Waals surface area contributed by atoms with Gasteiger partial charge in [0.15, 0.2) is 0 Å². The molecule has 0 saturated heterocycles. The molecule has 0 aromatic rings. The van der Waals surface area contributed by atoms with Crippen LogP contribution in [0.4, 0.5) is 0 Å². The molecule has 0 aliphatic heterocycles. The van der Waals surface area contributed by atoms with E-state index in [2.05, 4.69) is 39.5 Å². The Morgan fingerprint density at radius 2 is 2.05 bits per heavy atom. The lowest BCUT2D eigenvalue weighted by atomic mass is 9.45. The largest absolute Gasteiger partial charge is 0.396 e. The molecule has 1 heteroatoms. The van der Waals surface area contributed by atoms with Crippen LogP contribution >= 0.6 is 0 Å². The van der Waals surface area contributed by atoms with Gasteiger partial charge in [-0.15, -0.1) is 6.58 Å². The van der Waals surface area contributed by atoms with E-state index in [0.717, 1.165) is 5.92 Å². The van der Waals surface area contributed by atoms with Crippen molar-refractivity contribution >= 4 is 0 Å². The fourth-order valence-corrected chi connectivity index (χ4v) is 5.93. The van der Waals surface area contributed by atoms with E-state index in [-0.39, 0.29) is 5.41 Å². The second-order valence-corrected chi connectivity index (χ2v) is 8.87. The van der Waals surface area contributed by atoms with Crippen LogP contribution in [-0.4, -0.2) is 11.7 Å². The smallest absolute Gasteiger partial charge is 0.0487 e. The molecule has 0 spiro atoms. The molecule has 0 radical (unpaired) electrons. The van der Waals surface area contributed by atoms with Crippen molar-refractivity contribution in [3.05, 3.63) is 24.3 Å². The Labute approximate surface area is 130 Å². The predicted molar refractivity (Wildman–Crippen MR) is 89.0 cm³/mol. The molecule has 3 aliphatic carbocycles. The Bertz CT molecular complexity index is 464. The van der Waals surface area contributed by atoms with Crippen LogP contribution in [0, 0.1) is 28.1 Å². The van der Waals surface area contributed by atoms with Gasteiger partial charge in [0, 0.05) is 6.61 Å². The van der Waals surface area contributed by atoms with Gasteiger partial charge in [0.1, 0.15) is 0 Å². The number of aliphatic hydroxyl groups excluding tert-OH is 1. The third-order valence-corrected chi connectivity index (χ3v) is 7.43. The second-order valence-electron chi connectivity index (χ2n) is 8.87. The van der Waals surface area contributed by atoms with Gasteiger partial charge in [-0.3, -0.25) is 0 Å². The zero-order chi connectivity index (χ0) is 15.3. The molecular weight excluding hydrogens is 256 g/mol. The standard InChI is InChI=1S/C20H32O/c1-5-18(2)12-9-16-15(13-18)7-8-17-19(3,14-21)10-6-11-20(16,17)4/h5,7,16-17,21H,1,6,8-14H2,2-4H3/t16?,17-,18-,19-,20+/m0/s1. The van der Waals surface area contributed by atoms with Crippen molar-refractivity contribution in [3.8, 4) is 0 Å². The summed E-state index contributed by atoms with van der Waals surface area (Å²) in [7, 11) is 0. The predicted octanol–water partition coefficient (Wildman–Crippen LogP) is 5.11. The first-order valence-electron chi connectivity index (χ1n) is 8.80. The highest BCUT2D eigenvalue weighted by atomic mass is 16.3. The number of fused-ring (bicyclic) bond motifs is 3. The molecule has 0 amide bonds. The van der Waals surface area contributed by atoms with E-state index in [0.29, 0.717) is 23.4 Å². The molecule has 118 valence electrons. The zero-order valence-electron chi connectivity index (χ0n) is 14.1. The average molecular weight is 288 g/mol. The Kier molecular flexibility index (Phi) is 3.64. The minimum atomic E-state index is 0.133. The lowest BCUT2D eigenvalue weighted by Crippen LogP contribution is -2.52. The van der Waals surface area contributed by atoms with Crippen LogP contribution in [0.5, 0.6) is 0 Å². The van der Waals surface area contributed by atoms with Crippen LogP contribution in [0.15, 0.2) is 24.3 Å². The van der Waals surface area contributed by atoms with E-state index in [9.17, 15) is 5.11 Å². The lowest BCUT2D eigenvalue weighted by Gasteiger charge is -2.59. The van der Waals surface area contributed by atoms with Crippen molar-refractivity contribution < 1.29 is 5.11 Å². The number of hydrogen-bond donors (Lipinski definition) is 1. The van der Waals surface area contributed by atoms with Gasteiger partial charge in [0.2, 0.25) is 0 Å². The van der Waals surface area contributed by atoms with E-state index in [4.69, 9.17) is 0 Å². The average Bonchev–Trinajstić information content (AvgIpc) is 2.46. The molecule has 5 atom stereocenters. The van der Waals surface area contributed by atoms with Crippen LogP contribution in [-0.2, 0) is 0 Å². The summed E-state index contributed by atoms with van der Waals surface area (Å²) in [6.45, 7) is 11.6. The Morgan fingerprint density at radius 3 is 2.71 bits per heavy atom. The maximum absolute atomic E-state index is 9.99. The number of allylic oxidation sites excluding steroid dienone is 3. The van der Waals surface area contributed by atoms with E-state index >= 15 is 0 Å². The molecule has 1 unspecified atom stereocenters. The van der Waals surface area contributed by atoms with Gasteiger partial charge in [-0.25, -0.2) is 0 Å². The summed E-state index contributed by atoms with van der Waals surface area (Å²) in [5.74, 6) is 1.40. The lowest BCUT2D eigenvalue weighted by molar-refractivity contribution is -0.0805. The Morgan fingerprint density at radius 1 is 1.29 bits per heavy atom. The van der Waals surface area contributed by atoms with E-state index in [1.807, 2.05) is 0 Å². The number of hydrogen-bond acceptors (Lipinski definition) is 1. The van der Waals surface area contributed by atoms with Gasteiger partial charge >= 0.3 is 0 Å². The van der Waals surface area contributed by atoms with Crippen LogP contribution in [0.2, 0.25) is 0 Å². The van der Waals surface area contributed by atoms with E-state index in [1.54, 1.807) is 5.57 Å². The highest BCUT2D eigenvalue weighted by Gasteiger charge is 2.55. The first-order chi connectivity index (χ1) is 9.87. The highest BCUT2D eigenvalue weighted by molar-refractivity contribution is 5.25. The molecule has 0 heterocycles. The van der Waals surface area contributed by atoms with Crippen molar-refractivity contribution in [3.63, 3.8) is 0 Å². The molecule has 1 nitrogen and oxygen atoms in total. The van der Waals surface area contributed by atoms with Crippen LogP contribution in [0.3, 0.4) is 0 Å². The van der Waals surface area contributed by atoms with E-state index in [1.165, 1.54) is 44.9 Å². The van der Waals surface area contributed by atoms with Gasteiger partial charge in [0.05, 0.1) is 0 Å². The minimum Gasteiger partial charge on any atom is -0.396 e. The Balaban J connectivity index is 1.94. The summed E-state index contributed by atoms with van der Waals surface area (Å²) in [5, 5.41) is 9.99. The van der Waals surface area contributed by atoms with Gasteiger partial charge in [-0.1, -0.05) is 44.9 Å². The minimum absolute atomic E-state index is 0.133. The molecular formula is C20H32O. The van der Waals surface area contributed by atoms with Crippen LogP contribution in [0.1, 0.15) is 65.7 Å². The molecule has 2 fully saturated rings. The highest BCUT2D eigenvalue weighted by Crippen LogP contribution is 2.63. The van der Waals surface area contributed by atoms with Crippen LogP contribution in [0.25, 0.3) is 0 Å². The second kappa shape index (κ2) is 4.98. The summed E-state index contributed by atoms with van der Waals surface area (Å²) in [6, 6.07) is 0. The molecule has 0 aromatic heterocycles. The molecule has 3 aliphatic rings. The van der Waals surface area contributed by atoms with Crippen molar-refractivity contribution in [2.24, 2.45) is 28.1 Å². The molecule has 0 bridgehead atoms. The third kappa shape index (κ3) is 2.23. The summed E-state index contributed by atoms with van der Waals surface area (Å²) in [5.41, 5.74) is 2.54. The van der Waals surface area contributed by atoms with Gasteiger partial charge in [0.25, 0.3) is 0 Å². The van der Waals surface area contributed by atoms with Crippen molar-refractivity contribution in [1.82, 2.24) is 0 Å². The molecule has 0 aromatic carbocycles. The summed E-state index contributed by atoms with van der Waals surface area (Å²) >= 11 is 0. The Hall–Kier alpha value is -0.560. The monoisotopic (exact) mass is 288 g/mol. The zero-order valence-corrected chi connectivity index (χ0v) is 14.1. The molecule has 21 heavy (non-hydrogen) atoms. The van der Waals surface area contributed by atoms with Crippen LogP contribution < -0.4 is 0 Å². The van der Waals surface area contributed by atoms with Crippen molar-refractivity contribution in [2.75, 3.05) is 6.61 Å². The number of rotatable bonds is 2. The summed E-state index contributed by atoms with van der Waals surface area (Å²) < 4.78 is 0. The topological polar surface area (TPSA) is 20.2 Å². The fraction of sp³-hybridized carbons (Fsp3) is 0.800. The number of aliphatic hydroxyl groups is 1. The van der Waals surface area contributed by atoms with Gasteiger partial charge < -0.3 is 5.11 Å². The molecule has 2 saturated carbocycles. The maximum Gasteiger partial charge on any atom is 0.0487 e. The van der Waals surface area contributed by atoms with Gasteiger partial charge in [-0.2, -0.15) is 0 Å².